The summed E-state index contributed by atoms with van der Waals surface area (Å²) in [5.74, 6) is 0. The van der Waals surface area contributed by atoms with Gasteiger partial charge in [-0.25, -0.2) is 8.42 Å². The van der Waals surface area contributed by atoms with Crippen LogP contribution in [0.25, 0.3) is 10.4 Å². The lowest BCUT2D eigenvalue weighted by molar-refractivity contribution is 0.609. The van der Waals surface area contributed by atoms with Gasteiger partial charge in [-0.1, -0.05) is 17.2 Å². The average molecular weight is 232 g/mol. The molecule has 0 bridgehead atoms. The van der Waals surface area contributed by atoms with Gasteiger partial charge >= 0.3 is 0 Å². The van der Waals surface area contributed by atoms with Crippen molar-refractivity contribution in [2.24, 2.45) is 5.11 Å². The van der Waals surface area contributed by atoms with E-state index in [1.807, 2.05) is 0 Å². The van der Waals surface area contributed by atoms with Crippen molar-refractivity contribution in [1.82, 2.24) is 0 Å². The normalized spacial score (nSPS) is 10.6. The molecule has 14 heavy (non-hydrogen) atoms. The van der Waals surface area contributed by atoms with Crippen LogP contribution in [-0.2, 0) is 15.6 Å². The number of rotatable bonds is 3. The third kappa shape index (κ3) is 2.92. The second-order valence-corrected chi connectivity index (χ2v) is 5.04. The molecular formula is C7H6ClN3O2S. The van der Waals surface area contributed by atoms with E-state index in [0.717, 1.165) is 5.56 Å². The van der Waals surface area contributed by atoms with E-state index in [0.29, 0.717) is 0 Å². The summed E-state index contributed by atoms with van der Waals surface area (Å²) in [5.41, 5.74) is 8.78. The maximum atomic E-state index is 10.8. The van der Waals surface area contributed by atoms with Gasteiger partial charge in [0.05, 0.1) is 11.4 Å². The van der Waals surface area contributed by atoms with Gasteiger partial charge in [-0.15, -0.1) is 0 Å². The number of hydrogen-bond acceptors (Lipinski definition) is 3. The first kappa shape index (κ1) is 10.8. The number of benzene rings is 1. The Labute approximate surface area is 85.4 Å². The molecule has 0 fully saturated rings. The fourth-order valence-corrected chi connectivity index (χ4v) is 1.64. The zero-order valence-electron chi connectivity index (χ0n) is 6.96. The van der Waals surface area contributed by atoms with Crippen LogP contribution >= 0.6 is 10.7 Å². The third-order valence-corrected chi connectivity index (χ3v) is 2.89. The van der Waals surface area contributed by atoms with Crippen LogP contribution in [0.3, 0.4) is 0 Å². The van der Waals surface area contributed by atoms with Gasteiger partial charge in [0.1, 0.15) is 0 Å². The molecule has 0 unspecified atom stereocenters. The van der Waals surface area contributed by atoms with Crippen LogP contribution in [0.5, 0.6) is 0 Å². The van der Waals surface area contributed by atoms with Crippen molar-refractivity contribution in [2.45, 2.75) is 11.4 Å². The first-order chi connectivity index (χ1) is 6.54. The minimum absolute atomic E-state index is 0.0313. The number of hydrogen-bond donors (Lipinski definition) is 0. The molecule has 1 aromatic rings. The lowest BCUT2D eigenvalue weighted by Crippen LogP contribution is -1.90. The van der Waals surface area contributed by atoms with E-state index in [-0.39, 0.29) is 11.4 Å². The summed E-state index contributed by atoms with van der Waals surface area (Å²) in [6.07, 6.45) is 0. The molecule has 0 aromatic heterocycles. The summed E-state index contributed by atoms with van der Waals surface area (Å²) in [6.45, 7) is 0.194. The predicted octanol–water partition coefficient (Wildman–Crippen LogP) is 2.42. The van der Waals surface area contributed by atoms with Gasteiger partial charge in [0.15, 0.2) is 0 Å². The van der Waals surface area contributed by atoms with Crippen molar-refractivity contribution in [1.29, 1.82) is 0 Å². The van der Waals surface area contributed by atoms with E-state index < -0.39 is 9.05 Å². The van der Waals surface area contributed by atoms with Crippen LogP contribution in [0, 0.1) is 0 Å². The summed E-state index contributed by atoms with van der Waals surface area (Å²) in [4.78, 5) is 2.61. The van der Waals surface area contributed by atoms with Crippen molar-refractivity contribution in [3.05, 3.63) is 40.3 Å². The van der Waals surface area contributed by atoms with Crippen LogP contribution in [0.2, 0.25) is 0 Å². The van der Waals surface area contributed by atoms with E-state index in [4.69, 9.17) is 16.2 Å². The van der Waals surface area contributed by atoms with Crippen LogP contribution in [0.1, 0.15) is 5.56 Å². The quantitative estimate of drug-likeness (QED) is 0.346. The smallest absolute Gasteiger partial charge is 0.207 e. The molecule has 0 saturated heterocycles. The minimum Gasteiger partial charge on any atom is -0.207 e. The molecule has 0 heterocycles. The SMILES string of the molecule is [N-]=[N+]=NCc1ccc(S(=O)(=O)Cl)cc1. The Morgan fingerprint density at radius 2 is 1.93 bits per heavy atom. The molecule has 0 radical (unpaired) electrons. The van der Waals surface area contributed by atoms with Crippen LogP contribution in [0.4, 0.5) is 0 Å². The average Bonchev–Trinajstić information content (AvgIpc) is 2.14. The lowest BCUT2D eigenvalue weighted by Gasteiger charge is -1.97. The topological polar surface area (TPSA) is 82.9 Å². The van der Waals surface area contributed by atoms with Gasteiger partial charge in [0, 0.05) is 15.6 Å². The molecule has 0 aliphatic rings. The summed E-state index contributed by atoms with van der Waals surface area (Å²) < 4.78 is 21.7. The van der Waals surface area contributed by atoms with E-state index in [1.165, 1.54) is 12.1 Å². The van der Waals surface area contributed by atoms with Gasteiger partial charge in [-0.3, -0.25) is 0 Å². The van der Waals surface area contributed by atoms with Crippen molar-refractivity contribution in [3.63, 3.8) is 0 Å². The number of azide groups is 1. The fourth-order valence-electron chi connectivity index (χ4n) is 0.871. The maximum Gasteiger partial charge on any atom is 0.261 e. The molecule has 1 rings (SSSR count). The Bertz CT molecular complexity index is 462. The molecule has 5 nitrogen and oxygen atoms in total. The highest BCUT2D eigenvalue weighted by molar-refractivity contribution is 8.13. The molecule has 0 atom stereocenters. The minimum atomic E-state index is -3.67. The summed E-state index contributed by atoms with van der Waals surface area (Å²) in [5, 5.41) is 3.33. The number of nitrogens with zero attached hydrogens (tertiary/aromatic N) is 3. The highest BCUT2D eigenvalue weighted by Gasteiger charge is 2.08. The molecular weight excluding hydrogens is 226 g/mol. The highest BCUT2D eigenvalue weighted by Crippen LogP contribution is 2.15. The second-order valence-electron chi connectivity index (χ2n) is 2.47. The first-order valence-electron chi connectivity index (χ1n) is 3.58. The standard InChI is InChI=1S/C7H6ClN3O2S/c8-14(12,13)7-3-1-6(2-4-7)5-10-11-9/h1-4H,5H2. The van der Waals surface area contributed by atoms with Gasteiger partial charge in [0.25, 0.3) is 9.05 Å². The Kier molecular flexibility index (Phi) is 3.35. The van der Waals surface area contributed by atoms with Gasteiger partial charge in [-0.05, 0) is 23.2 Å². The predicted molar refractivity (Wildman–Crippen MR) is 52.3 cm³/mol. The van der Waals surface area contributed by atoms with Crippen LogP contribution in [-0.4, -0.2) is 8.42 Å². The zero-order chi connectivity index (χ0) is 10.6. The maximum absolute atomic E-state index is 10.8. The van der Waals surface area contributed by atoms with Gasteiger partial charge in [-0.2, -0.15) is 0 Å². The molecule has 0 amide bonds. The van der Waals surface area contributed by atoms with Crippen LogP contribution < -0.4 is 0 Å². The Morgan fingerprint density at radius 3 is 2.36 bits per heavy atom. The van der Waals surface area contributed by atoms with Gasteiger partial charge in [0.2, 0.25) is 0 Å². The molecule has 1 aromatic carbocycles. The first-order valence-corrected chi connectivity index (χ1v) is 5.89. The molecule has 74 valence electrons. The van der Waals surface area contributed by atoms with E-state index in [2.05, 4.69) is 10.0 Å². The molecule has 7 heteroatoms. The molecule has 0 saturated carbocycles. The Morgan fingerprint density at radius 1 is 1.36 bits per heavy atom. The Hall–Kier alpha value is -1.23. The molecule has 0 aliphatic carbocycles. The largest absolute Gasteiger partial charge is 0.261 e. The third-order valence-electron chi connectivity index (χ3n) is 1.52. The Balaban J connectivity index is 2.95. The van der Waals surface area contributed by atoms with Crippen molar-refractivity contribution in [2.75, 3.05) is 0 Å². The van der Waals surface area contributed by atoms with E-state index in [1.54, 1.807) is 12.1 Å². The zero-order valence-corrected chi connectivity index (χ0v) is 8.53. The van der Waals surface area contributed by atoms with Crippen molar-refractivity contribution >= 4 is 19.7 Å². The highest BCUT2D eigenvalue weighted by atomic mass is 35.7. The molecule has 0 N–H and O–H groups in total. The number of halogens is 1. The van der Waals surface area contributed by atoms with E-state index >= 15 is 0 Å². The van der Waals surface area contributed by atoms with Crippen LogP contribution in [0.15, 0.2) is 34.3 Å². The monoisotopic (exact) mass is 231 g/mol. The molecule has 0 aliphatic heterocycles. The van der Waals surface area contributed by atoms with Crippen molar-refractivity contribution < 1.29 is 8.42 Å². The second kappa shape index (κ2) is 4.32. The summed E-state index contributed by atoms with van der Waals surface area (Å²) >= 11 is 0. The molecule has 0 spiro atoms. The van der Waals surface area contributed by atoms with Gasteiger partial charge < -0.3 is 0 Å². The fraction of sp³-hybridized carbons (Fsp3) is 0.143. The van der Waals surface area contributed by atoms with Crippen molar-refractivity contribution in [3.8, 4) is 0 Å². The summed E-state index contributed by atoms with van der Waals surface area (Å²) in [6, 6.07) is 5.82. The lowest BCUT2D eigenvalue weighted by atomic mass is 10.2. The summed E-state index contributed by atoms with van der Waals surface area (Å²) in [7, 11) is 1.43. The van der Waals surface area contributed by atoms with E-state index in [9.17, 15) is 8.42 Å².